The van der Waals surface area contributed by atoms with E-state index in [0.29, 0.717) is 16.5 Å². The lowest BCUT2D eigenvalue weighted by atomic mass is 10.1. The molecule has 0 unspecified atom stereocenters. The largest absolute Gasteiger partial charge is 0.477 e. The highest BCUT2D eigenvalue weighted by molar-refractivity contribution is 5.99. The average Bonchev–Trinajstić information content (AvgIpc) is 2.64. The van der Waals surface area contributed by atoms with Crippen molar-refractivity contribution in [3.05, 3.63) is 35.5 Å². The molecule has 2 rings (SSSR count). The van der Waals surface area contributed by atoms with Crippen LogP contribution in [0.1, 0.15) is 41.6 Å². The molecule has 0 spiro atoms. The first-order valence-corrected chi connectivity index (χ1v) is 6.06. The highest BCUT2D eigenvalue weighted by Crippen LogP contribution is 2.21. The third-order valence-corrected chi connectivity index (χ3v) is 2.69. The van der Waals surface area contributed by atoms with Crippen molar-refractivity contribution in [3.8, 4) is 0 Å². The predicted octanol–water partition coefficient (Wildman–Crippen LogP) is 2.01. The van der Waals surface area contributed by atoms with E-state index in [1.54, 1.807) is 39.0 Å². The Morgan fingerprint density at radius 1 is 1.25 bits per heavy atom. The molecule has 3 N–H and O–H groups in total. The van der Waals surface area contributed by atoms with Crippen LogP contribution in [0.4, 0.5) is 0 Å². The van der Waals surface area contributed by atoms with Crippen molar-refractivity contribution in [2.75, 3.05) is 5.84 Å². The van der Waals surface area contributed by atoms with Gasteiger partial charge in [-0.15, -0.1) is 0 Å². The van der Waals surface area contributed by atoms with E-state index in [1.165, 1.54) is 6.07 Å². The zero-order valence-electron chi connectivity index (χ0n) is 11.5. The molecule has 6 nitrogen and oxygen atoms in total. The van der Waals surface area contributed by atoms with E-state index < -0.39 is 17.5 Å². The summed E-state index contributed by atoms with van der Waals surface area (Å²) in [6, 6.07) is 6.15. The van der Waals surface area contributed by atoms with Crippen LogP contribution in [0.5, 0.6) is 0 Å². The molecule has 1 aromatic carbocycles. The maximum absolute atomic E-state index is 12.0. The van der Waals surface area contributed by atoms with Crippen LogP contribution in [0.25, 0.3) is 10.9 Å². The van der Waals surface area contributed by atoms with Crippen molar-refractivity contribution in [1.82, 2.24) is 4.68 Å². The van der Waals surface area contributed by atoms with Crippen LogP contribution >= 0.6 is 0 Å². The summed E-state index contributed by atoms with van der Waals surface area (Å²) < 4.78 is 6.34. The fraction of sp³-hybridized carbons (Fsp3) is 0.286. The third-order valence-electron chi connectivity index (χ3n) is 2.69. The van der Waals surface area contributed by atoms with E-state index in [-0.39, 0.29) is 5.69 Å². The fourth-order valence-electron chi connectivity index (χ4n) is 1.86. The number of hydrogen-bond donors (Lipinski definition) is 2. The van der Waals surface area contributed by atoms with Gasteiger partial charge in [0.25, 0.3) is 0 Å². The number of carbonyl (C=O) groups excluding carboxylic acids is 1. The molecular weight excluding hydrogens is 260 g/mol. The SMILES string of the molecule is CC(C)(C)OC(=O)c1ccc2c(c1)cc(C(=O)O)n2N. The predicted molar refractivity (Wildman–Crippen MR) is 74.2 cm³/mol. The Kier molecular flexibility index (Phi) is 3.17. The summed E-state index contributed by atoms with van der Waals surface area (Å²) in [4.78, 5) is 23.0. The first-order chi connectivity index (χ1) is 9.19. The lowest BCUT2D eigenvalue weighted by Crippen LogP contribution is -2.23. The molecular formula is C14H16N2O4. The van der Waals surface area contributed by atoms with Gasteiger partial charge in [-0.05, 0) is 45.0 Å². The highest BCUT2D eigenvalue weighted by Gasteiger charge is 2.19. The molecule has 0 bridgehead atoms. The van der Waals surface area contributed by atoms with Gasteiger partial charge in [0.05, 0.1) is 11.1 Å². The number of carbonyl (C=O) groups is 2. The number of nitrogens with two attached hydrogens (primary N) is 1. The maximum Gasteiger partial charge on any atom is 0.354 e. The molecule has 0 aliphatic heterocycles. The molecule has 106 valence electrons. The van der Waals surface area contributed by atoms with Gasteiger partial charge in [0, 0.05) is 5.39 Å². The van der Waals surface area contributed by atoms with Gasteiger partial charge in [-0.2, -0.15) is 0 Å². The number of nitrogen functional groups attached to an aromatic ring is 1. The molecule has 0 radical (unpaired) electrons. The number of esters is 1. The van der Waals surface area contributed by atoms with E-state index in [1.807, 2.05) is 0 Å². The van der Waals surface area contributed by atoms with Crippen molar-refractivity contribution in [2.24, 2.45) is 0 Å². The van der Waals surface area contributed by atoms with Crippen LogP contribution in [-0.2, 0) is 4.74 Å². The Hall–Kier alpha value is -2.50. The van der Waals surface area contributed by atoms with Crippen LogP contribution in [-0.4, -0.2) is 27.3 Å². The minimum atomic E-state index is -1.12. The van der Waals surface area contributed by atoms with Gasteiger partial charge in [-0.25, -0.2) is 9.59 Å². The molecule has 0 atom stereocenters. The summed E-state index contributed by atoms with van der Waals surface area (Å²) in [5.74, 6) is 4.11. The summed E-state index contributed by atoms with van der Waals surface area (Å²) in [5.41, 5.74) is 0.268. The molecule has 2 aromatic rings. The topological polar surface area (TPSA) is 94.5 Å². The van der Waals surface area contributed by atoms with Crippen molar-refractivity contribution in [3.63, 3.8) is 0 Å². The number of ether oxygens (including phenoxy) is 1. The number of carboxylic acids is 1. The second kappa shape index (κ2) is 4.56. The number of benzene rings is 1. The van der Waals surface area contributed by atoms with Gasteiger partial charge >= 0.3 is 11.9 Å². The molecule has 0 saturated heterocycles. The summed E-state index contributed by atoms with van der Waals surface area (Å²) >= 11 is 0. The first-order valence-electron chi connectivity index (χ1n) is 6.06. The molecule has 1 aromatic heterocycles. The minimum absolute atomic E-state index is 0.0404. The molecule has 1 heterocycles. The normalized spacial score (nSPS) is 11.6. The molecule has 20 heavy (non-hydrogen) atoms. The second-order valence-corrected chi connectivity index (χ2v) is 5.48. The van der Waals surface area contributed by atoms with Crippen molar-refractivity contribution < 1.29 is 19.4 Å². The van der Waals surface area contributed by atoms with Gasteiger partial charge in [-0.3, -0.25) is 4.68 Å². The Balaban J connectivity index is 2.44. The van der Waals surface area contributed by atoms with Crippen LogP contribution in [0.15, 0.2) is 24.3 Å². The van der Waals surface area contributed by atoms with Crippen LogP contribution in [0.2, 0.25) is 0 Å². The molecule has 0 aliphatic rings. The zero-order valence-corrected chi connectivity index (χ0v) is 11.5. The highest BCUT2D eigenvalue weighted by atomic mass is 16.6. The fourth-order valence-corrected chi connectivity index (χ4v) is 1.86. The summed E-state index contributed by atoms with van der Waals surface area (Å²) in [6.07, 6.45) is 0. The molecule has 0 fully saturated rings. The van der Waals surface area contributed by atoms with E-state index in [9.17, 15) is 9.59 Å². The van der Waals surface area contributed by atoms with Gasteiger partial charge in [0.1, 0.15) is 11.3 Å². The minimum Gasteiger partial charge on any atom is -0.477 e. The quantitative estimate of drug-likeness (QED) is 0.646. The Bertz CT molecular complexity index is 695. The van der Waals surface area contributed by atoms with Crippen molar-refractivity contribution in [1.29, 1.82) is 0 Å². The number of aromatic nitrogens is 1. The maximum atomic E-state index is 12.0. The van der Waals surface area contributed by atoms with Gasteiger partial charge in [-0.1, -0.05) is 0 Å². The number of hydrogen-bond acceptors (Lipinski definition) is 4. The molecule has 0 saturated carbocycles. The van der Waals surface area contributed by atoms with Gasteiger partial charge < -0.3 is 15.7 Å². The molecule has 0 amide bonds. The van der Waals surface area contributed by atoms with Crippen LogP contribution in [0, 0.1) is 0 Å². The second-order valence-electron chi connectivity index (χ2n) is 5.48. The lowest BCUT2D eigenvalue weighted by molar-refractivity contribution is 0.00695. The Morgan fingerprint density at radius 2 is 1.90 bits per heavy atom. The van der Waals surface area contributed by atoms with Crippen LogP contribution < -0.4 is 5.84 Å². The number of carboxylic acid groups (broad SMARTS) is 1. The van der Waals surface area contributed by atoms with E-state index in [0.717, 1.165) is 4.68 Å². The van der Waals surface area contributed by atoms with Gasteiger partial charge in [0.2, 0.25) is 0 Å². The standard InChI is InChI=1S/C14H16N2O4/c1-14(2,3)20-13(19)8-4-5-10-9(6-8)7-11(12(17)18)16(10)15/h4-7H,15H2,1-3H3,(H,17,18). The van der Waals surface area contributed by atoms with E-state index >= 15 is 0 Å². The monoisotopic (exact) mass is 276 g/mol. The lowest BCUT2D eigenvalue weighted by Gasteiger charge is -2.19. The van der Waals surface area contributed by atoms with Crippen molar-refractivity contribution >= 4 is 22.8 Å². The first kappa shape index (κ1) is 13.9. The summed E-state index contributed by atoms with van der Waals surface area (Å²) in [6.45, 7) is 5.34. The summed E-state index contributed by atoms with van der Waals surface area (Å²) in [7, 11) is 0. The van der Waals surface area contributed by atoms with Crippen LogP contribution in [0.3, 0.4) is 0 Å². The number of aromatic carboxylic acids is 1. The average molecular weight is 276 g/mol. The van der Waals surface area contributed by atoms with E-state index in [4.69, 9.17) is 15.7 Å². The molecule has 6 heteroatoms. The van der Waals surface area contributed by atoms with Gasteiger partial charge in [0.15, 0.2) is 0 Å². The third kappa shape index (κ3) is 2.59. The van der Waals surface area contributed by atoms with Crippen molar-refractivity contribution in [2.45, 2.75) is 26.4 Å². The smallest absolute Gasteiger partial charge is 0.354 e. The Morgan fingerprint density at radius 3 is 2.45 bits per heavy atom. The Labute approximate surface area is 115 Å². The summed E-state index contributed by atoms with van der Waals surface area (Å²) in [5, 5.41) is 9.58. The number of rotatable bonds is 2. The zero-order chi connectivity index (χ0) is 15.1. The van der Waals surface area contributed by atoms with E-state index in [2.05, 4.69) is 0 Å². The molecule has 0 aliphatic carbocycles. The number of fused-ring (bicyclic) bond motifs is 1. The number of nitrogens with zero attached hydrogens (tertiary/aromatic N) is 1.